The van der Waals surface area contributed by atoms with Gasteiger partial charge in [0.2, 0.25) is 0 Å². The Hall–Kier alpha value is -1.66. The number of nitrogens with zero attached hydrogens (tertiary/aromatic N) is 2. The van der Waals surface area contributed by atoms with Gasteiger partial charge in [0.15, 0.2) is 0 Å². The summed E-state index contributed by atoms with van der Waals surface area (Å²) in [5.74, 6) is 0.692. The molecule has 0 radical (unpaired) electrons. The molecule has 0 spiro atoms. The zero-order valence-electron chi connectivity index (χ0n) is 13.8. The van der Waals surface area contributed by atoms with Crippen LogP contribution in [0.25, 0.3) is 0 Å². The highest BCUT2D eigenvalue weighted by atomic mass is 16.5. The highest BCUT2D eigenvalue weighted by Gasteiger charge is 2.24. The number of nitrogens with one attached hydrogen (secondary N) is 2. The second-order valence-corrected chi connectivity index (χ2v) is 6.59. The van der Waals surface area contributed by atoms with E-state index < -0.39 is 0 Å². The monoisotopic (exact) mass is 318 g/mol. The summed E-state index contributed by atoms with van der Waals surface area (Å²) in [4.78, 5) is 18.7. The van der Waals surface area contributed by atoms with E-state index in [0.29, 0.717) is 5.92 Å². The Labute approximate surface area is 137 Å². The van der Waals surface area contributed by atoms with Gasteiger partial charge in [0.25, 0.3) is 0 Å². The van der Waals surface area contributed by atoms with Crippen LogP contribution in [0.2, 0.25) is 0 Å². The highest BCUT2D eigenvalue weighted by molar-refractivity contribution is 5.90. The molecule has 0 aromatic carbocycles. The van der Waals surface area contributed by atoms with Gasteiger partial charge >= 0.3 is 6.03 Å². The molecule has 2 aliphatic heterocycles. The van der Waals surface area contributed by atoms with Crippen molar-refractivity contribution in [1.82, 2.24) is 15.2 Å². The number of likely N-dealkylation sites (tertiary alicyclic amines) is 1. The van der Waals surface area contributed by atoms with Crippen LogP contribution in [0.5, 0.6) is 0 Å². The van der Waals surface area contributed by atoms with E-state index in [0.717, 1.165) is 56.9 Å². The Balaban J connectivity index is 1.40. The Morgan fingerprint density at radius 2 is 2.22 bits per heavy atom. The van der Waals surface area contributed by atoms with Crippen LogP contribution in [0.15, 0.2) is 18.5 Å². The van der Waals surface area contributed by atoms with Gasteiger partial charge < -0.3 is 20.3 Å². The number of piperidine rings is 1. The van der Waals surface area contributed by atoms with Crippen LogP contribution >= 0.6 is 0 Å². The summed E-state index contributed by atoms with van der Waals surface area (Å²) >= 11 is 0. The van der Waals surface area contributed by atoms with Crippen molar-refractivity contribution in [2.24, 2.45) is 5.92 Å². The second kappa shape index (κ2) is 7.75. The number of hydrogen-bond donors (Lipinski definition) is 2. The standard InChI is InChI=1S/C17H26N4O2/c1-13-10-18-6-2-16(13)20-17(22)19-15-3-7-21(8-4-15)11-14-5-9-23-12-14/h2,6,10,14-15H,3-5,7-9,11-12H2,1H3,(H2,18,19,20,22). The van der Waals surface area contributed by atoms with Gasteiger partial charge in [0, 0.05) is 50.4 Å². The van der Waals surface area contributed by atoms with Crippen molar-refractivity contribution < 1.29 is 9.53 Å². The van der Waals surface area contributed by atoms with Crippen molar-refractivity contribution in [3.8, 4) is 0 Å². The number of amides is 2. The first-order valence-corrected chi connectivity index (χ1v) is 8.49. The van der Waals surface area contributed by atoms with Crippen LogP contribution in [0, 0.1) is 12.8 Å². The first-order chi connectivity index (χ1) is 11.2. The first kappa shape index (κ1) is 16.2. The van der Waals surface area contributed by atoms with E-state index in [2.05, 4.69) is 20.5 Å². The Kier molecular flexibility index (Phi) is 5.46. The van der Waals surface area contributed by atoms with Crippen molar-refractivity contribution in [2.45, 2.75) is 32.2 Å². The summed E-state index contributed by atoms with van der Waals surface area (Å²) in [7, 11) is 0. The van der Waals surface area contributed by atoms with Crippen molar-refractivity contribution >= 4 is 11.7 Å². The largest absolute Gasteiger partial charge is 0.381 e. The molecule has 1 aromatic rings. The molecule has 0 bridgehead atoms. The smallest absolute Gasteiger partial charge is 0.319 e. The molecule has 23 heavy (non-hydrogen) atoms. The van der Waals surface area contributed by atoms with Crippen LogP contribution in [-0.4, -0.2) is 54.8 Å². The van der Waals surface area contributed by atoms with Gasteiger partial charge in [0.1, 0.15) is 0 Å². The lowest BCUT2D eigenvalue weighted by Gasteiger charge is -2.33. The minimum absolute atomic E-state index is 0.123. The van der Waals surface area contributed by atoms with E-state index in [-0.39, 0.29) is 12.1 Å². The molecule has 1 aromatic heterocycles. The molecular formula is C17H26N4O2. The van der Waals surface area contributed by atoms with Gasteiger partial charge in [-0.3, -0.25) is 4.98 Å². The zero-order chi connectivity index (χ0) is 16.1. The molecule has 3 rings (SSSR count). The SMILES string of the molecule is Cc1cnccc1NC(=O)NC1CCN(CC2CCOC2)CC1. The molecule has 3 heterocycles. The lowest BCUT2D eigenvalue weighted by Crippen LogP contribution is -2.47. The molecule has 126 valence electrons. The van der Waals surface area contributed by atoms with E-state index in [1.165, 1.54) is 6.42 Å². The molecule has 2 saturated heterocycles. The Morgan fingerprint density at radius 1 is 1.39 bits per heavy atom. The lowest BCUT2D eigenvalue weighted by molar-refractivity contribution is 0.148. The summed E-state index contributed by atoms with van der Waals surface area (Å²) in [6, 6.07) is 1.96. The molecular weight excluding hydrogens is 292 g/mol. The molecule has 1 unspecified atom stereocenters. The molecule has 2 N–H and O–H groups in total. The fourth-order valence-corrected chi connectivity index (χ4v) is 3.31. The molecule has 2 amide bonds. The van der Waals surface area contributed by atoms with E-state index >= 15 is 0 Å². The zero-order valence-corrected chi connectivity index (χ0v) is 13.8. The number of carbonyl (C=O) groups is 1. The average molecular weight is 318 g/mol. The maximum Gasteiger partial charge on any atom is 0.319 e. The number of pyridine rings is 1. The topological polar surface area (TPSA) is 66.5 Å². The third-order valence-electron chi connectivity index (χ3n) is 4.73. The summed E-state index contributed by atoms with van der Waals surface area (Å²) in [6.45, 7) is 7.00. The minimum Gasteiger partial charge on any atom is -0.381 e. The lowest BCUT2D eigenvalue weighted by atomic mass is 10.0. The molecule has 6 heteroatoms. The third kappa shape index (κ3) is 4.65. The van der Waals surface area contributed by atoms with Crippen LogP contribution < -0.4 is 10.6 Å². The maximum atomic E-state index is 12.1. The fourth-order valence-electron chi connectivity index (χ4n) is 3.31. The predicted octanol–water partition coefficient (Wildman–Crippen LogP) is 2.01. The van der Waals surface area contributed by atoms with E-state index in [1.807, 2.05) is 13.0 Å². The maximum absolute atomic E-state index is 12.1. The van der Waals surface area contributed by atoms with Gasteiger partial charge in [-0.1, -0.05) is 0 Å². The number of aromatic nitrogens is 1. The quantitative estimate of drug-likeness (QED) is 0.891. The molecule has 6 nitrogen and oxygen atoms in total. The van der Waals surface area contributed by atoms with Crippen LogP contribution in [0.1, 0.15) is 24.8 Å². The summed E-state index contributed by atoms with van der Waals surface area (Å²) < 4.78 is 5.44. The Bertz CT molecular complexity index is 523. The molecule has 2 aliphatic rings. The van der Waals surface area contributed by atoms with Crippen LogP contribution in [-0.2, 0) is 4.74 Å². The molecule has 2 fully saturated rings. The summed E-state index contributed by atoms with van der Waals surface area (Å²) in [5, 5.41) is 5.99. The van der Waals surface area contributed by atoms with Gasteiger partial charge in [-0.25, -0.2) is 4.79 Å². The molecule has 0 aliphatic carbocycles. The third-order valence-corrected chi connectivity index (χ3v) is 4.73. The van der Waals surface area contributed by atoms with Gasteiger partial charge in [-0.15, -0.1) is 0 Å². The van der Waals surface area contributed by atoms with Gasteiger partial charge in [-0.05, 0) is 43.7 Å². The number of aryl methyl sites for hydroxylation is 1. The average Bonchev–Trinajstić information content (AvgIpc) is 3.04. The minimum atomic E-state index is -0.123. The molecule has 1 atom stereocenters. The number of urea groups is 1. The molecule has 0 saturated carbocycles. The van der Waals surface area contributed by atoms with Gasteiger partial charge in [-0.2, -0.15) is 0 Å². The predicted molar refractivity (Wildman–Crippen MR) is 89.5 cm³/mol. The van der Waals surface area contributed by atoms with Gasteiger partial charge in [0.05, 0.1) is 6.61 Å². The van der Waals surface area contributed by atoms with Crippen molar-refractivity contribution in [1.29, 1.82) is 0 Å². The van der Waals surface area contributed by atoms with Crippen molar-refractivity contribution in [2.75, 3.05) is 38.2 Å². The number of hydrogen-bond acceptors (Lipinski definition) is 4. The highest BCUT2D eigenvalue weighted by Crippen LogP contribution is 2.18. The number of anilines is 1. The van der Waals surface area contributed by atoms with E-state index in [1.54, 1.807) is 12.4 Å². The number of rotatable bonds is 4. The van der Waals surface area contributed by atoms with E-state index in [9.17, 15) is 4.79 Å². The number of ether oxygens (including phenoxy) is 1. The number of carbonyl (C=O) groups excluding carboxylic acids is 1. The van der Waals surface area contributed by atoms with Crippen molar-refractivity contribution in [3.63, 3.8) is 0 Å². The second-order valence-electron chi connectivity index (χ2n) is 6.59. The van der Waals surface area contributed by atoms with E-state index in [4.69, 9.17) is 4.74 Å². The first-order valence-electron chi connectivity index (χ1n) is 8.49. The normalized spacial score (nSPS) is 22.9. The Morgan fingerprint density at radius 3 is 2.91 bits per heavy atom. The van der Waals surface area contributed by atoms with Crippen LogP contribution in [0.3, 0.4) is 0 Å². The summed E-state index contributed by atoms with van der Waals surface area (Å²) in [6.07, 6.45) is 6.65. The summed E-state index contributed by atoms with van der Waals surface area (Å²) in [5.41, 5.74) is 1.78. The van der Waals surface area contributed by atoms with Crippen molar-refractivity contribution in [3.05, 3.63) is 24.0 Å². The fraction of sp³-hybridized carbons (Fsp3) is 0.647. The van der Waals surface area contributed by atoms with Crippen LogP contribution in [0.4, 0.5) is 10.5 Å².